The van der Waals surface area contributed by atoms with Gasteiger partial charge >= 0.3 is 0 Å². The van der Waals surface area contributed by atoms with Gasteiger partial charge in [0.05, 0.1) is 17.7 Å². The summed E-state index contributed by atoms with van der Waals surface area (Å²) in [5.41, 5.74) is 1.43. The maximum atomic E-state index is 13.0. The first-order valence-electron chi connectivity index (χ1n) is 9.83. The summed E-state index contributed by atoms with van der Waals surface area (Å²) in [6.07, 6.45) is -3.63. The first kappa shape index (κ1) is 22.6. The average Bonchev–Trinajstić information content (AvgIpc) is 2.69. The van der Waals surface area contributed by atoms with Crippen molar-refractivity contribution in [2.24, 2.45) is 17.6 Å². The van der Waals surface area contributed by atoms with Gasteiger partial charge in [-0.05, 0) is 32.6 Å². The van der Waals surface area contributed by atoms with Crippen molar-refractivity contribution in [1.29, 1.82) is 0 Å². The second kappa shape index (κ2) is 7.19. The highest BCUT2D eigenvalue weighted by Crippen LogP contribution is 2.57. The fourth-order valence-corrected chi connectivity index (χ4v) is 5.72. The van der Waals surface area contributed by atoms with Crippen LogP contribution >= 0.6 is 11.6 Å². The Morgan fingerprint density at radius 2 is 1.84 bits per heavy atom. The van der Waals surface area contributed by atoms with Gasteiger partial charge < -0.3 is 36.4 Å². The summed E-state index contributed by atoms with van der Waals surface area (Å²) in [5.74, 6) is -6.45. The summed E-state index contributed by atoms with van der Waals surface area (Å²) in [4.78, 5) is 26.3. The molecular weight excluding hydrogens is 444 g/mol. The Morgan fingerprint density at radius 1 is 1.22 bits per heavy atom. The second-order valence-electron chi connectivity index (χ2n) is 8.64. The molecular formula is C21H23ClN2O8. The standard InChI is InChI=1S/C21H23ClN2O8/c1-24(2)14-7-5-6-10(16(27)12-9(25)4-3-8(22)11(12)15(6)26)18(29)21(7,32)19(30)13(17(14)28)20(23)31/h3-4,6-7,14-15,18,25-27,29-30,32H,5H2,1-2H3,(H2,23,31)/t6-,7-,14-,15-,18?,21-/m0/s1. The molecule has 0 aliphatic heterocycles. The van der Waals surface area contributed by atoms with Crippen molar-refractivity contribution in [3.8, 4) is 5.75 Å². The molecule has 8 N–H and O–H groups in total. The summed E-state index contributed by atoms with van der Waals surface area (Å²) in [7, 11) is 3.03. The highest BCUT2D eigenvalue weighted by Gasteiger charge is 2.64. The van der Waals surface area contributed by atoms with Crippen LogP contribution in [-0.4, -0.2) is 79.1 Å². The van der Waals surface area contributed by atoms with E-state index in [9.17, 15) is 40.2 Å². The number of aromatic hydroxyl groups is 1. The third kappa shape index (κ3) is 2.67. The SMILES string of the molecule is CN(C)[C@@H]1C(=O)C(C(N)=O)=C(O)[C@@]2(O)C(O)C3=C(O)c4c(O)ccc(Cl)c4[C@@H](O)[C@H]3C[C@@H]12. The van der Waals surface area contributed by atoms with Gasteiger partial charge in [0.15, 0.2) is 11.4 Å². The van der Waals surface area contributed by atoms with E-state index in [-0.39, 0.29) is 28.1 Å². The molecule has 0 spiro atoms. The summed E-state index contributed by atoms with van der Waals surface area (Å²) in [6, 6.07) is 1.36. The number of phenols is 1. The minimum atomic E-state index is -2.57. The minimum Gasteiger partial charge on any atom is -0.508 e. The van der Waals surface area contributed by atoms with Gasteiger partial charge in [0.25, 0.3) is 5.91 Å². The maximum absolute atomic E-state index is 13.0. The highest BCUT2D eigenvalue weighted by molar-refractivity contribution is 6.31. The fourth-order valence-electron chi connectivity index (χ4n) is 5.45. The fraction of sp³-hybridized carbons (Fsp3) is 0.429. The van der Waals surface area contributed by atoms with E-state index in [0.29, 0.717) is 0 Å². The smallest absolute Gasteiger partial charge is 0.255 e. The first-order valence-corrected chi connectivity index (χ1v) is 10.2. The van der Waals surface area contributed by atoms with E-state index in [1.165, 1.54) is 31.1 Å². The van der Waals surface area contributed by atoms with Crippen molar-refractivity contribution in [1.82, 2.24) is 4.90 Å². The molecule has 3 aliphatic rings. The molecule has 1 saturated carbocycles. The molecule has 1 aromatic carbocycles. The number of hydrogen-bond acceptors (Lipinski definition) is 9. The number of hydrogen-bond donors (Lipinski definition) is 7. The van der Waals surface area contributed by atoms with Crippen LogP contribution in [0.25, 0.3) is 5.76 Å². The Bertz CT molecular complexity index is 1110. The lowest BCUT2D eigenvalue weighted by atomic mass is 9.56. The number of rotatable bonds is 2. The van der Waals surface area contributed by atoms with Crippen LogP contribution in [0.1, 0.15) is 23.7 Å². The predicted molar refractivity (Wildman–Crippen MR) is 112 cm³/mol. The number of aliphatic hydroxyl groups is 5. The van der Waals surface area contributed by atoms with E-state index < -0.39 is 70.2 Å². The number of primary amides is 1. The number of carbonyl (C=O) groups is 2. The molecule has 4 rings (SSSR count). The van der Waals surface area contributed by atoms with Crippen LogP contribution in [0.4, 0.5) is 0 Å². The third-order valence-electron chi connectivity index (χ3n) is 6.86. The van der Waals surface area contributed by atoms with Gasteiger partial charge in [0, 0.05) is 28.0 Å². The zero-order chi connectivity index (χ0) is 23.9. The summed E-state index contributed by atoms with van der Waals surface area (Å²) in [5, 5.41) is 65.9. The van der Waals surface area contributed by atoms with Crippen molar-refractivity contribution in [3.63, 3.8) is 0 Å². The van der Waals surface area contributed by atoms with Gasteiger partial charge in [0.2, 0.25) is 0 Å². The van der Waals surface area contributed by atoms with E-state index in [4.69, 9.17) is 17.3 Å². The molecule has 32 heavy (non-hydrogen) atoms. The zero-order valence-corrected chi connectivity index (χ0v) is 17.9. The Morgan fingerprint density at radius 3 is 2.41 bits per heavy atom. The van der Waals surface area contributed by atoms with Crippen LogP contribution in [0.15, 0.2) is 29.0 Å². The van der Waals surface area contributed by atoms with Gasteiger partial charge in [-0.3, -0.25) is 14.5 Å². The number of halogens is 1. The molecule has 0 radical (unpaired) electrons. The van der Waals surface area contributed by atoms with Crippen molar-refractivity contribution in [2.45, 2.75) is 30.3 Å². The van der Waals surface area contributed by atoms with Crippen LogP contribution < -0.4 is 5.73 Å². The van der Waals surface area contributed by atoms with E-state index in [1.54, 1.807) is 0 Å². The number of amides is 1. The monoisotopic (exact) mass is 466 g/mol. The lowest BCUT2D eigenvalue weighted by Crippen LogP contribution is -2.67. The lowest BCUT2D eigenvalue weighted by Gasteiger charge is -2.54. The molecule has 1 aromatic rings. The van der Waals surface area contributed by atoms with E-state index in [0.717, 1.165) is 0 Å². The van der Waals surface area contributed by atoms with Crippen LogP contribution in [0.3, 0.4) is 0 Å². The summed E-state index contributed by atoms with van der Waals surface area (Å²) >= 11 is 6.21. The maximum Gasteiger partial charge on any atom is 0.255 e. The van der Waals surface area contributed by atoms with Gasteiger partial charge in [-0.1, -0.05) is 11.6 Å². The highest BCUT2D eigenvalue weighted by atomic mass is 35.5. The van der Waals surface area contributed by atoms with Crippen molar-refractivity contribution in [3.05, 3.63) is 45.2 Å². The van der Waals surface area contributed by atoms with Crippen molar-refractivity contribution >= 4 is 29.1 Å². The topological polar surface area (TPSA) is 185 Å². The predicted octanol–water partition coefficient (Wildman–Crippen LogP) is -0.0999. The molecule has 11 heteroatoms. The Labute approximate surface area is 187 Å². The molecule has 1 unspecified atom stereocenters. The molecule has 0 heterocycles. The molecule has 1 fully saturated rings. The lowest BCUT2D eigenvalue weighted by molar-refractivity contribution is -0.161. The normalized spacial score (nSPS) is 34.3. The summed E-state index contributed by atoms with van der Waals surface area (Å²) < 4.78 is 0. The number of likely N-dealkylation sites (N-methyl/N-ethyl adjacent to an activating group) is 1. The van der Waals surface area contributed by atoms with Gasteiger partial charge in [-0.2, -0.15) is 0 Å². The molecule has 6 atom stereocenters. The van der Waals surface area contributed by atoms with E-state index >= 15 is 0 Å². The first-order chi connectivity index (χ1) is 14.8. The van der Waals surface area contributed by atoms with Crippen molar-refractivity contribution in [2.75, 3.05) is 14.1 Å². The second-order valence-corrected chi connectivity index (χ2v) is 9.05. The molecule has 172 valence electrons. The number of benzene rings is 1. The van der Waals surface area contributed by atoms with Crippen LogP contribution in [0.2, 0.25) is 5.02 Å². The van der Waals surface area contributed by atoms with Crippen LogP contribution in [-0.2, 0) is 9.59 Å². The number of ketones is 1. The minimum absolute atomic E-state index is 0.0386. The summed E-state index contributed by atoms with van der Waals surface area (Å²) in [6.45, 7) is 0. The number of Topliss-reactive ketones (excluding diaryl/α,β-unsaturated/α-hetero) is 1. The molecule has 0 saturated heterocycles. The zero-order valence-electron chi connectivity index (χ0n) is 17.2. The number of nitrogens with zero attached hydrogens (tertiary/aromatic N) is 1. The number of aliphatic hydroxyl groups excluding tert-OH is 4. The van der Waals surface area contributed by atoms with E-state index in [2.05, 4.69) is 0 Å². The van der Waals surface area contributed by atoms with E-state index in [1.807, 2.05) is 0 Å². The van der Waals surface area contributed by atoms with Crippen LogP contribution in [0.5, 0.6) is 5.75 Å². The Kier molecular flexibility index (Phi) is 5.07. The number of phenolic OH excluding ortho intramolecular Hbond substituents is 1. The Hall–Kier alpha value is -2.63. The molecule has 3 aliphatic carbocycles. The van der Waals surface area contributed by atoms with Gasteiger partial charge in [-0.15, -0.1) is 0 Å². The molecule has 10 nitrogen and oxygen atoms in total. The third-order valence-corrected chi connectivity index (χ3v) is 7.19. The van der Waals surface area contributed by atoms with Crippen LogP contribution in [0, 0.1) is 11.8 Å². The largest absolute Gasteiger partial charge is 0.508 e. The van der Waals surface area contributed by atoms with Crippen molar-refractivity contribution < 1.29 is 40.2 Å². The van der Waals surface area contributed by atoms with Gasteiger partial charge in [-0.25, -0.2) is 0 Å². The molecule has 0 aromatic heterocycles. The number of fused-ring (bicyclic) bond motifs is 3. The average molecular weight is 467 g/mol. The molecule has 0 bridgehead atoms. The van der Waals surface area contributed by atoms with Gasteiger partial charge in [0.1, 0.15) is 28.9 Å². The Balaban J connectivity index is 2.02. The quantitative estimate of drug-likeness (QED) is 0.292. The number of carbonyl (C=O) groups excluding carboxylic acids is 2. The molecule has 1 amide bonds. The number of nitrogens with two attached hydrogens (primary N) is 1.